The Bertz CT molecular complexity index is 315. The Balaban J connectivity index is 2.71. The molecule has 1 aromatic rings. The first-order valence-electron chi connectivity index (χ1n) is 3.75. The molecule has 0 aliphatic heterocycles. The third-order valence-electron chi connectivity index (χ3n) is 1.48. The number of hydrogen-bond acceptors (Lipinski definition) is 3. The lowest BCUT2D eigenvalue weighted by Crippen LogP contribution is -2.32. The third kappa shape index (κ3) is 2.51. The summed E-state index contributed by atoms with van der Waals surface area (Å²) in [4.78, 5) is 15.3. The van der Waals surface area contributed by atoms with Crippen molar-refractivity contribution in [3.8, 4) is 0 Å². The number of nitrogens with one attached hydrogen (secondary N) is 1. The number of anilines is 1. The minimum absolute atomic E-state index is 0.149. The smallest absolute Gasteiger partial charge is 0.243 e. The number of carbonyl (C=O) groups excluding carboxylic acids is 1. The van der Waals surface area contributed by atoms with Crippen LogP contribution in [0.4, 0.5) is 5.95 Å². The van der Waals surface area contributed by atoms with Crippen LogP contribution >= 0.6 is 15.9 Å². The molecule has 0 spiro atoms. The fourth-order valence-electron chi connectivity index (χ4n) is 0.660. The summed E-state index contributed by atoms with van der Waals surface area (Å²) >= 11 is 3.24. The van der Waals surface area contributed by atoms with E-state index in [9.17, 15) is 4.79 Å². The number of aromatic nitrogens is 3. The molecule has 1 N–H and O–H groups in total. The summed E-state index contributed by atoms with van der Waals surface area (Å²) in [5.41, 5.74) is 0. The molecule has 72 valence electrons. The van der Waals surface area contributed by atoms with Gasteiger partial charge in [0.15, 0.2) is 0 Å². The van der Waals surface area contributed by atoms with Gasteiger partial charge in [0.2, 0.25) is 11.9 Å². The largest absolute Gasteiger partial charge is 0.294 e. The normalized spacial score (nSPS) is 11.4. The number of alkyl halides is 1. The quantitative estimate of drug-likeness (QED) is 0.791. The average molecular weight is 247 g/mol. The lowest BCUT2D eigenvalue weighted by Gasteiger charge is -2.14. The van der Waals surface area contributed by atoms with Gasteiger partial charge in [-0.1, -0.05) is 15.9 Å². The zero-order valence-electron chi connectivity index (χ0n) is 7.71. The van der Waals surface area contributed by atoms with Crippen LogP contribution < -0.4 is 5.32 Å². The summed E-state index contributed by atoms with van der Waals surface area (Å²) < 4.78 is 0.898. The van der Waals surface area contributed by atoms with E-state index < -0.39 is 4.32 Å². The number of carbonyl (C=O) groups is 1. The van der Waals surface area contributed by atoms with Crippen LogP contribution in [-0.2, 0) is 11.8 Å². The second kappa shape index (κ2) is 3.45. The maximum absolute atomic E-state index is 11.4. The van der Waals surface area contributed by atoms with Crippen LogP contribution in [0.2, 0.25) is 0 Å². The van der Waals surface area contributed by atoms with Gasteiger partial charge >= 0.3 is 0 Å². The molecule has 1 heterocycles. The molecule has 1 aromatic heterocycles. The Morgan fingerprint density at radius 2 is 2.31 bits per heavy atom. The molecule has 0 saturated heterocycles. The molecule has 0 radical (unpaired) electrons. The van der Waals surface area contributed by atoms with Gasteiger partial charge in [-0.2, -0.15) is 10.1 Å². The van der Waals surface area contributed by atoms with E-state index in [4.69, 9.17) is 0 Å². The molecule has 0 bridgehead atoms. The second-order valence-electron chi connectivity index (χ2n) is 3.13. The highest BCUT2D eigenvalue weighted by Gasteiger charge is 2.24. The first-order valence-corrected chi connectivity index (χ1v) is 4.55. The summed E-state index contributed by atoms with van der Waals surface area (Å²) in [6, 6.07) is 0. The van der Waals surface area contributed by atoms with Gasteiger partial charge in [-0.05, 0) is 13.8 Å². The minimum atomic E-state index is -0.598. The fourth-order valence-corrected chi connectivity index (χ4v) is 0.759. The van der Waals surface area contributed by atoms with Crippen molar-refractivity contribution >= 4 is 27.8 Å². The van der Waals surface area contributed by atoms with Crippen LogP contribution in [0.3, 0.4) is 0 Å². The van der Waals surface area contributed by atoms with E-state index in [2.05, 4.69) is 31.3 Å². The van der Waals surface area contributed by atoms with Crippen molar-refractivity contribution in [2.45, 2.75) is 18.2 Å². The molecule has 0 aliphatic rings. The Hall–Kier alpha value is -0.910. The predicted molar refractivity (Wildman–Crippen MR) is 52.6 cm³/mol. The van der Waals surface area contributed by atoms with Crippen molar-refractivity contribution in [1.29, 1.82) is 0 Å². The number of nitrogens with zero attached hydrogens (tertiary/aromatic N) is 3. The Morgan fingerprint density at radius 1 is 1.69 bits per heavy atom. The van der Waals surface area contributed by atoms with Crippen molar-refractivity contribution in [2.24, 2.45) is 7.05 Å². The number of hydrogen-bond donors (Lipinski definition) is 1. The number of amides is 1. The lowest BCUT2D eigenvalue weighted by atomic mass is 10.2. The van der Waals surface area contributed by atoms with E-state index in [1.807, 2.05) is 0 Å². The Morgan fingerprint density at radius 3 is 2.69 bits per heavy atom. The summed E-state index contributed by atoms with van der Waals surface area (Å²) in [5.74, 6) is 0.293. The van der Waals surface area contributed by atoms with Crippen LogP contribution in [0.5, 0.6) is 0 Å². The molecule has 1 rings (SSSR count). The van der Waals surface area contributed by atoms with Crippen molar-refractivity contribution in [1.82, 2.24) is 14.8 Å². The zero-order chi connectivity index (χ0) is 10.1. The molecule has 5 nitrogen and oxygen atoms in total. The minimum Gasteiger partial charge on any atom is -0.294 e. The lowest BCUT2D eigenvalue weighted by molar-refractivity contribution is -0.117. The number of rotatable bonds is 2. The Kier molecular flexibility index (Phi) is 2.70. The van der Waals surface area contributed by atoms with E-state index in [0.29, 0.717) is 5.95 Å². The first-order chi connectivity index (χ1) is 5.91. The second-order valence-corrected chi connectivity index (χ2v) is 5.12. The van der Waals surface area contributed by atoms with Crippen molar-refractivity contribution in [2.75, 3.05) is 5.32 Å². The van der Waals surface area contributed by atoms with Gasteiger partial charge < -0.3 is 0 Å². The standard InChI is InChI=1S/C7H11BrN4O/c1-7(2,8)5(13)11-6-9-4-10-12(6)3/h4H,1-3H3,(H,9,10,11,13). The molecule has 0 aliphatic carbocycles. The van der Waals surface area contributed by atoms with Gasteiger partial charge in [0.25, 0.3) is 0 Å². The number of halogens is 1. The summed E-state index contributed by atoms with van der Waals surface area (Å²) in [5, 5.41) is 6.46. The highest BCUT2D eigenvalue weighted by Crippen LogP contribution is 2.17. The topological polar surface area (TPSA) is 59.8 Å². The van der Waals surface area contributed by atoms with Gasteiger partial charge in [0.05, 0.1) is 4.32 Å². The first kappa shape index (κ1) is 10.2. The molecule has 0 unspecified atom stereocenters. The molecule has 0 aromatic carbocycles. The predicted octanol–water partition coefficient (Wildman–Crippen LogP) is 0.927. The van der Waals surface area contributed by atoms with E-state index in [-0.39, 0.29) is 5.91 Å². The molecule has 0 fully saturated rings. The summed E-state index contributed by atoms with van der Waals surface area (Å²) in [7, 11) is 1.71. The van der Waals surface area contributed by atoms with E-state index >= 15 is 0 Å². The van der Waals surface area contributed by atoms with Crippen LogP contribution in [0.1, 0.15) is 13.8 Å². The molecule has 0 saturated carbocycles. The summed E-state index contributed by atoms with van der Waals surface area (Å²) in [6.07, 6.45) is 1.39. The SMILES string of the molecule is Cn1ncnc1NC(=O)C(C)(C)Br. The van der Waals surface area contributed by atoms with E-state index in [1.165, 1.54) is 11.0 Å². The highest BCUT2D eigenvalue weighted by atomic mass is 79.9. The maximum atomic E-state index is 11.4. The monoisotopic (exact) mass is 246 g/mol. The highest BCUT2D eigenvalue weighted by molar-refractivity contribution is 9.10. The van der Waals surface area contributed by atoms with Crippen LogP contribution in [0.15, 0.2) is 6.33 Å². The van der Waals surface area contributed by atoms with Gasteiger partial charge in [0, 0.05) is 7.05 Å². The van der Waals surface area contributed by atoms with Gasteiger partial charge in [-0.3, -0.25) is 10.1 Å². The van der Waals surface area contributed by atoms with Crippen molar-refractivity contribution in [3.05, 3.63) is 6.33 Å². The summed E-state index contributed by atoms with van der Waals surface area (Å²) in [6.45, 7) is 3.53. The van der Waals surface area contributed by atoms with Crippen molar-refractivity contribution in [3.63, 3.8) is 0 Å². The molecule has 6 heteroatoms. The molecular weight excluding hydrogens is 236 g/mol. The fraction of sp³-hybridized carbons (Fsp3) is 0.571. The van der Waals surface area contributed by atoms with Crippen LogP contribution in [-0.4, -0.2) is 25.0 Å². The van der Waals surface area contributed by atoms with Crippen LogP contribution in [0, 0.1) is 0 Å². The number of aryl methyl sites for hydroxylation is 1. The zero-order valence-corrected chi connectivity index (χ0v) is 9.29. The third-order valence-corrected chi connectivity index (χ3v) is 1.84. The maximum Gasteiger partial charge on any atom is 0.243 e. The van der Waals surface area contributed by atoms with Crippen LogP contribution in [0.25, 0.3) is 0 Å². The van der Waals surface area contributed by atoms with E-state index in [0.717, 1.165) is 0 Å². The van der Waals surface area contributed by atoms with Gasteiger partial charge in [-0.15, -0.1) is 0 Å². The van der Waals surface area contributed by atoms with E-state index in [1.54, 1.807) is 20.9 Å². The molecule has 13 heavy (non-hydrogen) atoms. The van der Waals surface area contributed by atoms with Gasteiger partial charge in [0.1, 0.15) is 6.33 Å². The van der Waals surface area contributed by atoms with Crippen molar-refractivity contribution < 1.29 is 4.79 Å². The Labute approximate surface area is 84.7 Å². The molecule has 1 amide bonds. The van der Waals surface area contributed by atoms with Gasteiger partial charge in [-0.25, -0.2) is 4.68 Å². The molecule has 0 atom stereocenters. The average Bonchev–Trinajstić information content (AvgIpc) is 2.34. The molecular formula is C7H11BrN4O.